The number of aromatic nitrogens is 1. The largest absolute Gasteiger partial charge is 0.379 e. The molecule has 0 N–H and O–H groups in total. The first kappa shape index (κ1) is 17.4. The fourth-order valence-corrected chi connectivity index (χ4v) is 3.91. The Hall–Kier alpha value is -1.40. The molecule has 1 amide bonds. The van der Waals surface area contributed by atoms with E-state index in [1.54, 1.807) is 0 Å². The van der Waals surface area contributed by atoms with Gasteiger partial charge >= 0.3 is 0 Å². The summed E-state index contributed by atoms with van der Waals surface area (Å²) < 4.78 is 11.1. The SMILES string of the molecule is CCC(C)N1CCOCC2(CC(=O)N(Cc3c(C)noc3C)C2)C1. The number of amides is 1. The average Bonchev–Trinajstić information content (AvgIpc) is 2.93. The molecule has 2 saturated heterocycles. The number of hydrogen-bond acceptors (Lipinski definition) is 5. The van der Waals surface area contributed by atoms with E-state index in [-0.39, 0.29) is 11.3 Å². The summed E-state index contributed by atoms with van der Waals surface area (Å²) in [5.74, 6) is 1.02. The van der Waals surface area contributed by atoms with Gasteiger partial charge in [0.05, 0.1) is 25.5 Å². The predicted octanol–water partition coefficient (Wildman–Crippen LogP) is 2.14. The summed E-state index contributed by atoms with van der Waals surface area (Å²) in [7, 11) is 0. The molecule has 134 valence electrons. The highest BCUT2D eigenvalue weighted by molar-refractivity contribution is 5.79. The van der Waals surface area contributed by atoms with Crippen LogP contribution in [-0.2, 0) is 16.1 Å². The fourth-order valence-electron chi connectivity index (χ4n) is 3.91. The first-order chi connectivity index (χ1) is 11.4. The van der Waals surface area contributed by atoms with Crippen molar-refractivity contribution in [2.24, 2.45) is 5.41 Å². The van der Waals surface area contributed by atoms with Crippen LogP contribution in [0.15, 0.2) is 4.52 Å². The normalized spacial score (nSPS) is 27.0. The van der Waals surface area contributed by atoms with Gasteiger partial charge in [-0.1, -0.05) is 12.1 Å². The van der Waals surface area contributed by atoms with Gasteiger partial charge in [-0.25, -0.2) is 0 Å². The molecule has 1 aromatic rings. The van der Waals surface area contributed by atoms with E-state index in [1.807, 2.05) is 18.7 Å². The van der Waals surface area contributed by atoms with Crippen LogP contribution in [0.1, 0.15) is 43.7 Å². The van der Waals surface area contributed by atoms with Crippen molar-refractivity contribution >= 4 is 5.91 Å². The minimum Gasteiger partial charge on any atom is -0.379 e. The van der Waals surface area contributed by atoms with Crippen molar-refractivity contribution in [1.82, 2.24) is 15.0 Å². The molecule has 2 aliphatic heterocycles. The highest BCUT2D eigenvalue weighted by atomic mass is 16.5. The lowest BCUT2D eigenvalue weighted by Gasteiger charge is -2.34. The van der Waals surface area contributed by atoms with Crippen molar-refractivity contribution in [3.63, 3.8) is 0 Å². The van der Waals surface area contributed by atoms with Crippen LogP contribution in [0.2, 0.25) is 0 Å². The highest BCUT2D eigenvalue weighted by Gasteiger charge is 2.46. The molecule has 0 radical (unpaired) electrons. The molecule has 0 saturated carbocycles. The van der Waals surface area contributed by atoms with Gasteiger partial charge in [-0.15, -0.1) is 0 Å². The maximum Gasteiger partial charge on any atom is 0.223 e. The second kappa shape index (κ2) is 6.84. The second-order valence-electron chi connectivity index (χ2n) is 7.51. The summed E-state index contributed by atoms with van der Waals surface area (Å²) in [6, 6.07) is 0.523. The van der Waals surface area contributed by atoms with Crippen LogP contribution >= 0.6 is 0 Å². The van der Waals surface area contributed by atoms with E-state index in [2.05, 4.69) is 23.9 Å². The number of carbonyl (C=O) groups is 1. The van der Waals surface area contributed by atoms with Gasteiger partial charge in [0, 0.05) is 43.1 Å². The third kappa shape index (κ3) is 3.35. The molecule has 6 heteroatoms. The molecule has 3 rings (SSSR count). The smallest absolute Gasteiger partial charge is 0.223 e. The zero-order chi connectivity index (χ0) is 17.3. The topological polar surface area (TPSA) is 58.8 Å². The number of likely N-dealkylation sites (tertiary alicyclic amines) is 1. The monoisotopic (exact) mass is 335 g/mol. The van der Waals surface area contributed by atoms with Crippen LogP contribution in [0.3, 0.4) is 0 Å². The van der Waals surface area contributed by atoms with Crippen LogP contribution < -0.4 is 0 Å². The Balaban J connectivity index is 1.74. The van der Waals surface area contributed by atoms with Gasteiger partial charge in [-0.3, -0.25) is 9.69 Å². The van der Waals surface area contributed by atoms with Gasteiger partial charge in [0.1, 0.15) is 5.76 Å². The number of nitrogens with zero attached hydrogens (tertiary/aromatic N) is 3. The predicted molar refractivity (Wildman–Crippen MR) is 90.6 cm³/mol. The Morgan fingerprint density at radius 1 is 1.33 bits per heavy atom. The zero-order valence-corrected chi connectivity index (χ0v) is 15.3. The van der Waals surface area contributed by atoms with E-state index in [0.29, 0.717) is 25.6 Å². The Morgan fingerprint density at radius 2 is 2.12 bits per heavy atom. The molecule has 2 fully saturated rings. The lowest BCUT2D eigenvalue weighted by atomic mass is 9.87. The van der Waals surface area contributed by atoms with Gasteiger partial charge in [0.2, 0.25) is 5.91 Å². The van der Waals surface area contributed by atoms with Crippen LogP contribution in [0.4, 0.5) is 0 Å². The Morgan fingerprint density at radius 3 is 2.79 bits per heavy atom. The summed E-state index contributed by atoms with van der Waals surface area (Å²) in [6.07, 6.45) is 1.69. The number of hydrogen-bond donors (Lipinski definition) is 0. The highest BCUT2D eigenvalue weighted by Crippen LogP contribution is 2.36. The standard InChI is InChI=1S/C18H29N3O3/c1-5-13(2)20-6-7-23-12-18(10-20)8-17(22)21(11-18)9-16-14(3)19-24-15(16)4/h13H,5-12H2,1-4H3. The van der Waals surface area contributed by atoms with E-state index in [9.17, 15) is 4.79 Å². The molecule has 0 bridgehead atoms. The van der Waals surface area contributed by atoms with Gasteiger partial charge < -0.3 is 14.2 Å². The fraction of sp³-hybridized carbons (Fsp3) is 0.778. The van der Waals surface area contributed by atoms with E-state index in [1.165, 1.54) is 0 Å². The van der Waals surface area contributed by atoms with Crippen molar-refractivity contribution < 1.29 is 14.1 Å². The molecule has 0 aromatic carbocycles. The lowest BCUT2D eigenvalue weighted by Crippen LogP contribution is -2.44. The van der Waals surface area contributed by atoms with E-state index in [4.69, 9.17) is 9.26 Å². The molecule has 1 aromatic heterocycles. The van der Waals surface area contributed by atoms with Crippen LogP contribution in [0.25, 0.3) is 0 Å². The van der Waals surface area contributed by atoms with Crippen molar-refractivity contribution in [2.75, 3.05) is 32.8 Å². The summed E-state index contributed by atoms with van der Waals surface area (Å²) in [4.78, 5) is 17.1. The molecule has 6 nitrogen and oxygen atoms in total. The molecule has 2 unspecified atom stereocenters. The summed E-state index contributed by atoms with van der Waals surface area (Å²) in [6.45, 7) is 13.0. The second-order valence-corrected chi connectivity index (χ2v) is 7.51. The lowest BCUT2D eigenvalue weighted by molar-refractivity contribution is -0.128. The van der Waals surface area contributed by atoms with Crippen molar-refractivity contribution in [1.29, 1.82) is 0 Å². The van der Waals surface area contributed by atoms with E-state index < -0.39 is 0 Å². The van der Waals surface area contributed by atoms with Crippen LogP contribution in [0.5, 0.6) is 0 Å². The molecular formula is C18H29N3O3. The zero-order valence-electron chi connectivity index (χ0n) is 15.3. The van der Waals surface area contributed by atoms with Gasteiger partial charge in [0.15, 0.2) is 0 Å². The van der Waals surface area contributed by atoms with Gasteiger partial charge in [0.25, 0.3) is 0 Å². The van der Waals surface area contributed by atoms with Gasteiger partial charge in [-0.2, -0.15) is 0 Å². The van der Waals surface area contributed by atoms with E-state index in [0.717, 1.165) is 49.7 Å². The van der Waals surface area contributed by atoms with Crippen molar-refractivity contribution in [2.45, 2.75) is 53.1 Å². The summed E-state index contributed by atoms with van der Waals surface area (Å²) >= 11 is 0. The minimum absolute atomic E-state index is 0.0873. The maximum absolute atomic E-state index is 12.7. The van der Waals surface area contributed by atoms with Crippen molar-refractivity contribution in [3.8, 4) is 0 Å². The van der Waals surface area contributed by atoms with Gasteiger partial charge in [-0.05, 0) is 27.2 Å². The Labute approximate surface area is 144 Å². The maximum atomic E-state index is 12.7. The molecule has 3 heterocycles. The number of ether oxygens (including phenoxy) is 1. The third-order valence-corrected chi connectivity index (χ3v) is 5.62. The number of rotatable bonds is 4. The van der Waals surface area contributed by atoms with Crippen molar-refractivity contribution in [3.05, 3.63) is 17.0 Å². The van der Waals surface area contributed by atoms with Crippen LogP contribution in [-0.4, -0.2) is 59.8 Å². The summed E-state index contributed by atoms with van der Waals surface area (Å²) in [5.41, 5.74) is 1.82. The Kier molecular flexibility index (Phi) is 4.97. The van der Waals surface area contributed by atoms with E-state index >= 15 is 0 Å². The molecule has 0 aliphatic carbocycles. The molecule has 2 atom stereocenters. The summed E-state index contributed by atoms with van der Waals surface area (Å²) in [5, 5.41) is 4.00. The number of aryl methyl sites for hydroxylation is 2. The third-order valence-electron chi connectivity index (χ3n) is 5.62. The number of carbonyl (C=O) groups excluding carboxylic acids is 1. The first-order valence-corrected chi connectivity index (χ1v) is 8.95. The Bertz CT molecular complexity index is 581. The quantitative estimate of drug-likeness (QED) is 0.844. The first-order valence-electron chi connectivity index (χ1n) is 8.95. The van der Waals surface area contributed by atoms with Crippen LogP contribution in [0, 0.1) is 19.3 Å². The average molecular weight is 335 g/mol. The molecule has 24 heavy (non-hydrogen) atoms. The molecule has 1 spiro atoms. The minimum atomic E-state index is -0.0873. The molecular weight excluding hydrogens is 306 g/mol. The molecule has 2 aliphatic rings.